The van der Waals surface area contributed by atoms with E-state index >= 15 is 0 Å². The molecule has 2 amide bonds. The molecule has 0 radical (unpaired) electrons. The molecule has 0 spiro atoms. The van der Waals surface area contributed by atoms with Crippen LogP contribution in [0.1, 0.15) is 6.42 Å². The Labute approximate surface area is 122 Å². The van der Waals surface area contributed by atoms with Gasteiger partial charge in [0.25, 0.3) is 0 Å². The Morgan fingerprint density at radius 1 is 1.42 bits per heavy atom. The Kier molecular flexibility index (Phi) is 6.07. The number of aliphatic carboxylic acids is 1. The van der Waals surface area contributed by atoms with Gasteiger partial charge in [0.1, 0.15) is 0 Å². The van der Waals surface area contributed by atoms with E-state index in [0.717, 1.165) is 0 Å². The minimum absolute atomic E-state index is 0.0392. The van der Waals surface area contributed by atoms with Gasteiger partial charge in [-0.2, -0.15) is 0 Å². The van der Waals surface area contributed by atoms with Crippen molar-refractivity contribution in [2.24, 2.45) is 0 Å². The molecule has 104 valence electrons. The summed E-state index contributed by atoms with van der Waals surface area (Å²) in [5, 5.41) is 22.9. The van der Waals surface area contributed by atoms with E-state index in [4.69, 9.17) is 21.8 Å². The van der Waals surface area contributed by atoms with E-state index in [2.05, 4.69) is 26.6 Å². The second-order valence-corrected chi connectivity index (χ2v) is 4.83. The molecule has 6 nitrogen and oxygen atoms in total. The monoisotopic (exact) mass is 350 g/mol. The van der Waals surface area contributed by atoms with Gasteiger partial charge in [0, 0.05) is 13.0 Å². The Morgan fingerprint density at radius 2 is 2.11 bits per heavy atom. The normalized spacial score (nSPS) is 11.7. The first-order valence-electron chi connectivity index (χ1n) is 5.31. The molecule has 1 aromatic rings. The van der Waals surface area contributed by atoms with Gasteiger partial charge in [0.15, 0.2) is 6.10 Å². The predicted molar refractivity (Wildman–Crippen MR) is 74.4 cm³/mol. The zero-order valence-corrected chi connectivity index (χ0v) is 12.0. The first kappa shape index (κ1) is 15.7. The Hall–Kier alpha value is -1.31. The van der Waals surface area contributed by atoms with Gasteiger partial charge in [0.2, 0.25) is 0 Å². The highest BCUT2D eigenvalue weighted by atomic mass is 79.9. The number of amides is 2. The van der Waals surface area contributed by atoms with E-state index in [1.54, 1.807) is 18.2 Å². The third-order valence-corrected chi connectivity index (χ3v) is 3.59. The number of benzene rings is 1. The molecule has 8 heteroatoms. The molecule has 0 aliphatic heterocycles. The number of rotatable bonds is 5. The standard InChI is InChI=1S/C11H12BrClN2O4/c12-9-6(13)2-1-3-7(9)15-11(19)14-5-4-8(16)10(17)18/h1-3,8,16H,4-5H2,(H,17,18)(H2,14,15,19)/t8-/m0/s1. The number of urea groups is 1. The summed E-state index contributed by atoms with van der Waals surface area (Å²) in [6, 6.07) is 4.48. The molecule has 4 N–H and O–H groups in total. The number of nitrogens with one attached hydrogen (secondary N) is 2. The minimum Gasteiger partial charge on any atom is -0.479 e. The minimum atomic E-state index is -1.49. The molecule has 0 aromatic heterocycles. The molecule has 19 heavy (non-hydrogen) atoms. The zero-order chi connectivity index (χ0) is 14.4. The fourth-order valence-electron chi connectivity index (χ4n) is 1.21. The lowest BCUT2D eigenvalue weighted by molar-refractivity contribution is -0.146. The SMILES string of the molecule is O=C(NCC[C@H](O)C(=O)O)Nc1cccc(Cl)c1Br. The summed E-state index contributed by atoms with van der Waals surface area (Å²) in [4.78, 5) is 21.9. The lowest BCUT2D eigenvalue weighted by Gasteiger charge is -2.10. The largest absolute Gasteiger partial charge is 0.479 e. The topological polar surface area (TPSA) is 98.7 Å². The van der Waals surface area contributed by atoms with Crippen molar-refractivity contribution < 1.29 is 19.8 Å². The number of aliphatic hydroxyl groups is 1. The summed E-state index contributed by atoms with van der Waals surface area (Å²) >= 11 is 9.09. The van der Waals surface area contributed by atoms with Crippen LogP contribution in [0, 0.1) is 0 Å². The van der Waals surface area contributed by atoms with Crippen molar-refractivity contribution in [1.29, 1.82) is 0 Å². The average molecular weight is 352 g/mol. The van der Waals surface area contributed by atoms with Gasteiger partial charge in [-0.25, -0.2) is 9.59 Å². The van der Waals surface area contributed by atoms with E-state index < -0.39 is 18.1 Å². The van der Waals surface area contributed by atoms with Crippen LogP contribution in [-0.2, 0) is 4.79 Å². The van der Waals surface area contributed by atoms with Gasteiger partial charge < -0.3 is 20.8 Å². The van der Waals surface area contributed by atoms with Crippen molar-refractivity contribution in [1.82, 2.24) is 5.32 Å². The maximum absolute atomic E-state index is 11.5. The van der Waals surface area contributed by atoms with Crippen LogP contribution in [0.25, 0.3) is 0 Å². The van der Waals surface area contributed by atoms with E-state index in [1.165, 1.54) is 0 Å². The van der Waals surface area contributed by atoms with Crippen LogP contribution < -0.4 is 10.6 Å². The number of halogens is 2. The van der Waals surface area contributed by atoms with Crippen molar-refractivity contribution in [3.63, 3.8) is 0 Å². The summed E-state index contributed by atoms with van der Waals surface area (Å²) in [6.45, 7) is 0.0392. The number of carbonyl (C=O) groups excluding carboxylic acids is 1. The van der Waals surface area contributed by atoms with Crippen LogP contribution >= 0.6 is 27.5 Å². The second kappa shape index (κ2) is 7.32. The van der Waals surface area contributed by atoms with Crippen molar-refractivity contribution in [2.75, 3.05) is 11.9 Å². The van der Waals surface area contributed by atoms with Crippen molar-refractivity contribution >= 4 is 45.2 Å². The maximum Gasteiger partial charge on any atom is 0.332 e. The first-order chi connectivity index (χ1) is 8.91. The van der Waals surface area contributed by atoms with Crippen molar-refractivity contribution in [3.8, 4) is 0 Å². The molecule has 0 aliphatic rings. The number of anilines is 1. The molecule has 0 aliphatic carbocycles. The molecule has 0 bridgehead atoms. The molecule has 0 fully saturated rings. The lowest BCUT2D eigenvalue weighted by atomic mass is 10.2. The summed E-state index contributed by atoms with van der Waals surface area (Å²) in [5.41, 5.74) is 0.490. The molecule has 0 saturated heterocycles. The van der Waals surface area contributed by atoms with Gasteiger partial charge in [-0.1, -0.05) is 17.7 Å². The molecule has 1 rings (SSSR count). The third-order valence-electron chi connectivity index (χ3n) is 2.19. The average Bonchev–Trinajstić information content (AvgIpc) is 2.34. The number of carboxylic acid groups (broad SMARTS) is 1. The Morgan fingerprint density at radius 3 is 2.74 bits per heavy atom. The number of carboxylic acids is 1. The highest BCUT2D eigenvalue weighted by Gasteiger charge is 2.13. The van der Waals surface area contributed by atoms with E-state index in [9.17, 15) is 9.59 Å². The van der Waals surface area contributed by atoms with Crippen LogP contribution in [0.15, 0.2) is 22.7 Å². The fraction of sp³-hybridized carbons (Fsp3) is 0.273. The van der Waals surface area contributed by atoms with Crippen LogP contribution in [0.2, 0.25) is 5.02 Å². The highest BCUT2D eigenvalue weighted by Crippen LogP contribution is 2.29. The molecule has 0 saturated carbocycles. The lowest BCUT2D eigenvalue weighted by Crippen LogP contribution is -2.33. The van der Waals surface area contributed by atoms with Gasteiger partial charge in [0.05, 0.1) is 15.2 Å². The summed E-state index contributed by atoms with van der Waals surface area (Å²) in [5.74, 6) is -1.32. The van der Waals surface area contributed by atoms with Gasteiger partial charge >= 0.3 is 12.0 Å². The molecular formula is C11H12BrClN2O4. The smallest absolute Gasteiger partial charge is 0.332 e. The molecular weight excluding hydrogens is 339 g/mol. The van der Waals surface area contributed by atoms with Crippen LogP contribution in [0.4, 0.5) is 10.5 Å². The third kappa shape index (κ3) is 5.06. The molecule has 1 aromatic carbocycles. The summed E-state index contributed by atoms with van der Waals surface area (Å²) < 4.78 is 0.553. The number of hydrogen-bond donors (Lipinski definition) is 4. The van der Waals surface area contributed by atoms with Gasteiger partial charge in [-0.15, -0.1) is 0 Å². The fourth-order valence-corrected chi connectivity index (χ4v) is 1.75. The maximum atomic E-state index is 11.5. The molecule has 0 unspecified atom stereocenters. The first-order valence-corrected chi connectivity index (χ1v) is 6.48. The van der Waals surface area contributed by atoms with E-state index in [0.29, 0.717) is 15.2 Å². The molecule has 0 heterocycles. The van der Waals surface area contributed by atoms with Crippen molar-refractivity contribution in [2.45, 2.75) is 12.5 Å². The zero-order valence-electron chi connectivity index (χ0n) is 9.69. The van der Waals surface area contributed by atoms with Crippen molar-refractivity contribution in [3.05, 3.63) is 27.7 Å². The number of hydrogen-bond acceptors (Lipinski definition) is 3. The highest BCUT2D eigenvalue weighted by molar-refractivity contribution is 9.10. The molecule has 1 atom stereocenters. The van der Waals surface area contributed by atoms with Crippen LogP contribution in [0.3, 0.4) is 0 Å². The number of carbonyl (C=O) groups is 2. The Balaban J connectivity index is 2.43. The summed E-state index contributed by atoms with van der Waals surface area (Å²) in [6.07, 6.45) is -1.56. The predicted octanol–water partition coefficient (Wildman–Crippen LogP) is 2.06. The van der Waals surface area contributed by atoms with E-state index in [-0.39, 0.29) is 13.0 Å². The van der Waals surface area contributed by atoms with E-state index in [1.807, 2.05) is 0 Å². The van der Waals surface area contributed by atoms with Gasteiger partial charge in [-0.3, -0.25) is 0 Å². The second-order valence-electron chi connectivity index (χ2n) is 3.62. The quantitative estimate of drug-likeness (QED) is 0.652. The van der Waals surface area contributed by atoms with Crippen LogP contribution in [0.5, 0.6) is 0 Å². The summed E-state index contributed by atoms with van der Waals surface area (Å²) in [7, 11) is 0. The Bertz CT molecular complexity index is 484. The van der Waals surface area contributed by atoms with Crippen LogP contribution in [-0.4, -0.2) is 34.9 Å². The van der Waals surface area contributed by atoms with Gasteiger partial charge in [-0.05, 0) is 28.1 Å². The number of aliphatic hydroxyl groups excluding tert-OH is 1.